The minimum absolute atomic E-state index is 0.0568. The second-order valence-electron chi connectivity index (χ2n) is 3.72. The van der Waals surface area contributed by atoms with Gasteiger partial charge in [-0.15, -0.1) is 0 Å². The second-order valence-corrected chi connectivity index (χ2v) is 3.72. The molecule has 1 amide bonds. The van der Waals surface area contributed by atoms with Crippen LogP contribution in [0.25, 0.3) is 0 Å². The summed E-state index contributed by atoms with van der Waals surface area (Å²) >= 11 is 0. The number of carbonyl (C=O) groups is 1. The maximum atomic E-state index is 11.4. The molecule has 2 N–H and O–H groups in total. The smallest absolute Gasteiger partial charge is 0.242 e. The third-order valence-electron chi connectivity index (χ3n) is 2.78. The van der Waals surface area contributed by atoms with Gasteiger partial charge in [0.05, 0.1) is 6.04 Å². The zero-order chi connectivity index (χ0) is 10.1. The minimum Gasteiger partial charge on any atom is -0.332 e. The lowest BCUT2D eigenvalue weighted by Gasteiger charge is -2.43. The molecular weight excluding hydrogens is 176 g/mol. The molecule has 0 bridgehead atoms. The number of carbonyl (C=O) groups excluding carboxylic acids is 1. The molecule has 0 aromatic heterocycles. The highest BCUT2D eigenvalue weighted by Crippen LogP contribution is 2.20. The van der Waals surface area contributed by atoms with E-state index in [2.05, 4.69) is 0 Å². The van der Waals surface area contributed by atoms with Gasteiger partial charge in [0, 0.05) is 6.54 Å². The monoisotopic (exact) mass is 190 g/mol. The van der Waals surface area contributed by atoms with Gasteiger partial charge in [0.15, 0.2) is 0 Å². The average molecular weight is 190 g/mol. The maximum absolute atomic E-state index is 11.4. The van der Waals surface area contributed by atoms with Crippen molar-refractivity contribution in [1.82, 2.24) is 4.90 Å². The van der Waals surface area contributed by atoms with E-state index < -0.39 is 0 Å². The third kappa shape index (κ3) is 1.40. The van der Waals surface area contributed by atoms with Gasteiger partial charge in [-0.2, -0.15) is 0 Å². The van der Waals surface area contributed by atoms with Crippen LogP contribution in [0, 0.1) is 0 Å². The Labute approximate surface area is 83.5 Å². The fraction of sp³-hybridized carbons (Fsp3) is 0.364. The van der Waals surface area contributed by atoms with Crippen LogP contribution in [0.1, 0.15) is 12.5 Å². The number of β-lactam (4-membered cyclic amide) rings is 1. The molecule has 2 rings (SSSR count). The quantitative estimate of drug-likeness (QED) is 0.699. The van der Waals surface area contributed by atoms with Crippen LogP contribution in [0.2, 0.25) is 0 Å². The van der Waals surface area contributed by atoms with Gasteiger partial charge in [0.2, 0.25) is 5.91 Å². The molecule has 0 radical (unpaired) electrons. The predicted molar refractivity (Wildman–Crippen MR) is 54.4 cm³/mol. The van der Waals surface area contributed by atoms with Crippen molar-refractivity contribution in [3.05, 3.63) is 35.9 Å². The summed E-state index contributed by atoms with van der Waals surface area (Å²) in [6.07, 6.45) is 0. The summed E-state index contributed by atoms with van der Waals surface area (Å²) in [5.74, 6) is 0.0568. The van der Waals surface area contributed by atoms with Crippen molar-refractivity contribution in [2.75, 3.05) is 0 Å². The van der Waals surface area contributed by atoms with E-state index in [1.54, 1.807) is 4.90 Å². The fourth-order valence-electron chi connectivity index (χ4n) is 1.71. The van der Waals surface area contributed by atoms with E-state index in [0.717, 1.165) is 5.56 Å². The van der Waals surface area contributed by atoms with Crippen molar-refractivity contribution in [2.24, 2.45) is 5.73 Å². The van der Waals surface area contributed by atoms with Crippen LogP contribution in [0.15, 0.2) is 30.3 Å². The number of amides is 1. The van der Waals surface area contributed by atoms with E-state index in [-0.39, 0.29) is 18.0 Å². The summed E-state index contributed by atoms with van der Waals surface area (Å²) in [6, 6.07) is 9.83. The summed E-state index contributed by atoms with van der Waals surface area (Å²) < 4.78 is 0. The zero-order valence-electron chi connectivity index (χ0n) is 8.18. The van der Waals surface area contributed by atoms with Gasteiger partial charge in [-0.25, -0.2) is 0 Å². The molecule has 2 atom stereocenters. The highest BCUT2D eigenvalue weighted by Gasteiger charge is 2.41. The molecule has 74 valence electrons. The van der Waals surface area contributed by atoms with E-state index in [0.29, 0.717) is 6.54 Å². The first-order chi connectivity index (χ1) is 6.70. The Balaban J connectivity index is 2.03. The lowest BCUT2D eigenvalue weighted by Crippen LogP contribution is -2.66. The Morgan fingerprint density at radius 1 is 1.36 bits per heavy atom. The number of benzene rings is 1. The standard InChI is InChI=1S/C11H14N2O/c1-8-10(12)11(14)13(8)7-9-5-3-2-4-6-9/h2-6,8,10H,7,12H2,1H3/t8-,10+/m1/s1. The van der Waals surface area contributed by atoms with Crippen molar-refractivity contribution in [1.29, 1.82) is 0 Å². The van der Waals surface area contributed by atoms with E-state index in [1.807, 2.05) is 37.3 Å². The van der Waals surface area contributed by atoms with Gasteiger partial charge in [-0.1, -0.05) is 30.3 Å². The number of hydrogen-bond acceptors (Lipinski definition) is 2. The SMILES string of the molecule is C[C@@H]1[C@H](N)C(=O)N1Cc1ccccc1. The molecular formula is C11H14N2O. The fourth-order valence-corrected chi connectivity index (χ4v) is 1.71. The molecule has 1 aliphatic heterocycles. The van der Waals surface area contributed by atoms with Gasteiger partial charge < -0.3 is 10.6 Å². The average Bonchev–Trinajstić information content (AvgIpc) is 2.26. The van der Waals surface area contributed by atoms with Crippen LogP contribution < -0.4 is 5.73 Å². The zero-order valence-corrected chi connectivity index (χ0v) is 8.18. The van der Waals surface area contributed by atoms with E-state index in [4.69, 9.17) is 5.73 Å². The molecule has 1 heterocycles. The van der Waals surface area contributed by atoms with Gasteiger partial charge in [-0.3, -0.25) is 4.79 Å². The molecule has 14 heavy (non-hydrogen) atoms. The largest absolute Gasteiger partial charge is 0.332 e. The lowest BCUT2D eigenvalue weighted by atomic mass is 9.97. The Hall–Kier alpha value is -1.35. The molecule has 1 aromatic rings. The van der Waals surface area contributed by atoms with Gasteiger partial charge >= 0.3 is 0 Å². The van der Waals surface area contributed by atoms with Crippen LogP contribution in [0.3, 0.4) is 0 Å². The summed E-state index contributed by atoms with van der Waals surface area (Å²) in [5.41, 5.74) is 6.77. The first-order valence-electron chi connectivity index (χ1n) is 4.80. The number of hydrogen-bond donors (Lipinski definition) is 1. The molecule has 0 spiro atoms. The maximum Gasteiger partial charge on any atom is 0.242 e. The van der Waals surface area contributed by atoms with Gasteiger partial charge in [0.1, 0.15) is 6.04 Å². The third-order valence-corrected chi connectivity index (χ3v) is 2.78. The summed E-state index contributed by atoms with van der Waals surface area (Å²) in [6.45, 7) is 2.66. The number of likely N-dealkylation sites (tertiary alicyclic amines) is 1. The number of nitrogens with zero attached hydrogens (tertiary/aromatic N) is 1. The van der Waals surface area contributed by atoms with Crippen LogP contribution in [-0.2, 0) is 11.3 Å². The minimum atomic E-state index is -0.293. The van der Waals surface area contributed by atoms with Gasteiger partial charge in [0.25, 0.3) is 0 Å². The van der Waals surface area contributed by atoms with Crippen LogP contribution in [0.5, 0.6) is 0 Å². The first kappa shape index (κ1) is 9.21. The van der Waals surface area contributed by atoms with Crippen LogP contribution >= 0.6 is 0 Å². The van der Waals surface area contributed by atoms with Crippen molar-refractivity contribution < 1.29 is 4.79 Å². The Kier molecular flexibility index (Phi) is 2.25. The first-order valence-corrected chi connectivity index (χ1v) is 4.80. The molecule has 1 aliphatic rings. The van der Waals surface area contributed by atoms with Crippen molar-refractivity contribution in [2.45, 2.75) is 25.6 Å². The molecule has 0 unspecified atom stereocenters. The molecule has 0 saturated carbocycles. The second kappa shape index (κ2) is 3.42. The molecule has 1 aromatic carbocycles. The molecule has 3 heteroatoms. The Morgan fingerprint density at radius 3 is 2.57 bits per heavy atom. The number of nitrogens with two attached hydrogens (primary N) is 1. The highest BCUT2D eigenvalue weighted by molar-refractivity contribution is 5.88. The highest BCUT2D eigenvalue weighted by atomic mass is 16.2. The van der Waals surface area contributed by atoms with E-state index in [1.165, 1.54) is 0 Å². The summed E-state index contributed by atoms with van der Waals surface area (Å²) in [7, 11) is 0. The Bertz CT molecular complexity index is 336. The van der Waals surface area contributed by atoms with E-state index in [9.17, 15) is 4.79 Å². The topological polar surface area (TPSA) is 46.3 Å². The normalized spacial score (nSPS) is 26.1. The summed E-state index contributed by atoms with van der Waals surface area (Å²) in [4.78, 5) is 13.2. The molecule has 1 fully saturated rings. The van der Waals surface area contributed by atoms with E-state index >= 15 is 0 Å². The number of rotatable bonds is 2. The van der Waals surface area contributed by atoms with Gasteiger partial charge in [-0.05, 0) is 12.5 Å². The molecule has 1 saturated heterocycles. The van der Waals surface area contributed by atoms with Crippen LogP contribution in [-0.4, -0.2) is 22.9 Å². The van der Waals surface area contributed by atoms with Crippen molar-refractivity contribution in [3.63, 3.8) is 0 Å². The molecule has 0 aliphatic carbocycles. The predicted octanol–water partition coefficient (Wildman–Crippen LogP) is 0.745. The lowest BCUT2D eigenvalue weighted by molar-refractivity contribution is -0.149. The summed E-state index contributed by atoms with van der Waals surface area (Å²) in [5, 5.41) is 0. The van der Waals surface area contributed by atoms with Crippen molar-refractivity contribution in [3.8, 4) is 0 Å². The molecule has 3 nitrogen and oxygen atoms in total. The van der Waals surface area contributed by atoms with Crippen LogP contribution in [0.4, 0.5) is 0 Å². The van der Waals surface area contributed by atoms with Crippen molar-refractivity contribution >= 4 is 5.91 Å². The Morgan fingerprint density at radius 2 is 2.00 bits per heavy atom.